The van der Waals surface area contributed by atoms with Gasteiger partial charge in [-0.25, -0.2) is 4.98 Å². The molecule has 10 heteroatoms. The van der Waals surface area contributed by atoms with Gasteiger partial charge in [-0.3, -0.25) is 14.9 Å². The lowest BCUT2D eigenvalue weighted by Crippen LogP contribution is -2.17. The van der Waals surface area contributed by atoms with E-state index in [4.69, 9.17) is 16.6 Å². The summed E-state index contributed by atoms with van der Waals surface area (Å²) in [4.78, 5) is 28.3. The Balaban J connectivity index is 1.57. The van der Waals surface area contributed by atoms with E-state index in [1.165, 1.54) is 24.3 Å². The first-order valence-corrected chi connectivity index (χ1v) is 11.1. The van der Waals surface area contributed by atoms with Crippen molar-refractivity contribution in [2.24, 2.45) is 0 Å². The number of rotatable bonds is 6. The lowest BCUT2D eigenvalue weighted by molar-refractivity contribution is -0.384. The SMILES string of the molecule is Cc1cc(NC(=O)c2cccc([N+](=O)[O-])c2)n(-c2nc3ccccc3n2Cc2cccc(Cl)c2)n1. The fourth-order valence-electron chi connectivity index (χ4n) is 3.89. The zero-order valence-corrected chi connectivity index (χ0v) is 19.3. The highest BCUT2D eigenvalue weighted by Crippen LogP contribution is 2.25. The molecule has 0 spiro atoms. The number of aromatic nitrogens is 4. The maximum Gasteiger partial charge on any atom is 0.270 e. The van der Waals surface area contributed by atoms with Gasteiger partial charge in [-0.1, -0.05) is 41.9 Å². The van der Waals surface area contributed by atoms with E-state index in [1.807, 2.05) is 60.0 Å². The Morgan fingerprint density at radius 3 is 2.66 bits per heavy atom. The molecule has 0 radical (unpaired) electrons. The molecule has 3 aromatic carbocycles. The van der Waals surface area contributed by atoms with Gasteiger partial charge in [0.05, 0.1) is 28.2 Å². The summed E-state index contributed by atoms with van der Waals surface area (Å²) in [5.41, 5.74) is 3.32. The van der Waals surface area contributed by atoms with E-state index in [2.05, 4.69) is 10.4 Å². The summed E-state index contributed by atoms with van der Waals surface area (Å²) in [6.45, 7) is 2.29. The summed E-state index contributed by atoms with van der Waals surface area (Å²) in [6.07, 6.45) is 0. The third-order valence-corrected chi connectivity index (χ3v) is 5.68. The largest absolute Gasteiger partial charge is 0.306 e. The van der Waals surface area contributed by atoms with Crippen molar-refractivity contribution in [2.75, 3.05) is 5.32 Å². The number of para-hydroxylation sites is 2. The van der Waals surface area contributed by atoms with E-state index in [0.29, 0.717) is 29.0 Å². The minimum Gasteiger partial charge on any atom is -0.306 e. The third kappa shape index (κ3) is 4.49. The summed E-state index contributed by atoms with van der Waals surface area (Å²) < 4.78 is 3.56. The Bertz CT molecular complexity index is 1590. The number of nitrogens with one attached hydrogen (secondary N) is 1. The molecule has 5 aromatic rings. The molecule has 2 heterocycles. The number of carbonyl (C=O) groups is 1. The summed E-state index contributed by atoms with van der Waals surface area (Å²) in [5.74, 6) is 0.405. The van der Waals surface area contributed by atoms with Gasteiger partial charge in [0.2, 0.25) is 5.95 Å². The molecular weight excluding hydrogens is 468 g/mol. The lowest BCUT2D eigenvalue weighted by Gasteiger charge is -2.12. The van der Waals surface area contributed by atoms with Crippen LogP contribution in [0.5, 0.6) is 0 Å². The molecule has 0 saturated carbocycles. The Labute approximate surface area is 204 Å². The lowest BCUT2D eigenvalue weighted by atomic mass is 10.2. The van der Waals surface area contributed by atoms with Gasteiger partial charge in [-0.2, -0.15) is 9.78 Å². The summed E-state index contributed by atoms with van der Waals surface area (Å²) >= 11 is 6.20. The Hall–Kier alpha value is -4.50. The number of benzene rings is 3. The molecule has 0 atom stereocenters. The highest BCUT2D eigenvalue weighted by Gasteiger charge is 2.20. The minimum atomic E-state index is -0.538. The number of anilines is 1. The zero-order chi connectivity index (χ0) is 24.5. The number of nitro groups is 1. The highest BCUT2D eigenvalue weighted by molar-refractivity contribution is 6.30. The van der Waals surface area contributed by atoms with Crippen molar-refractivity contribution in [2.45, 2.75) is 13.5 Å². The quantitative estimate of drug-likeness (QED) is 0.255. The van der Waals surface area contributed by atoms with Gasteiger partial charge >= 0.3 is 0 Å². The van der Waals surface area contributed by atoms with E-state index in [0.717, 1.165) is 16.6 Å². The summed E-state index contributed by atoms with van der Waals surface area (Å²) in [6, 6.07) is 22.6. The molecule has 2 aromatic heterocycles. The second kappa shape index (κ2) is 9.03. The number of non-ortho nitro benzene ring substituents is 1. The Morgan fingerprint density at radius 2 is 1.86 bits per heavy atom. The number of imidazole rings is 1. The first-order valence-electron chi connectivity index (χ1n) is 10.7. The molecular formula is C25H19ClN6O3. The van der Waals surface area contributed by atoms with Crippen molar-refractivity contribution in [3.63, 3.8) is 0 Å². The normalized spacial score (nSPS) is 11.0. The fourth-order valence-corrected chi connectivity index (χ4v) is 4.10. The topological polar surface area (TPSA) is 108 Å². The van der Waals surface area contributed by atoms with E-state index in [9.17, 15) is 14.9 Å². The monoisotopic (exact) mass is 486 g/mol. The van der Waals surface area contributed by atoms with Crippen LogP contribution in [0.2, 0.25) is 5.02 Å². The number of halogens is 1. The van der Waals surface area contributed by atoms with Crippen LogP contribution in [0.15, 0.2) is 78.9 Å². The van der Waals surface area contributed by atoms with Crippen molar-refractivity contribution < 1.29 is 9.72 Å². The van der Waals surface area contributed by atoms with Gasteiger partial charge < -0.3 is 9.88 Å². The third-order valence-electron chi connectivity index (χ3n) is 5.45. The van der Waals surface area contributed by atoms with Crippen molar-refractivity contribution in [1.29, 1.82) is 0 Å². The maximum atomic E-state index is 13.0. The van der Waals surface area contributed by atoms with Crippen LogP contribution in [0.3, 0.4) is 0 Å². The second-order valence-electron chi connectivity index (χ2n) is 7.96. The van der Waals surface area contributed by atoms with E-state index in [-0.39, 0.29) is 11.3 Å². The van der Waals surface area contributed by atoms with Crippen LogP contribution in [0, 0.1) is 17.0 Å². The van der Waals surface area contributed by atoms with Crippen LogP contribution < -0.4 is 5.32 Å². The molecule has 1 amide bonds. The number of fused-ring (bicyclic) bond motifs is 1. The first-order chi connectivity index (χ1) is 16.9. The van der Waals surface area contributed by atoms with Crippen LogP contribution >= 0.6 is 11.6 Å². The molecule has 0 fully saturated rings. The average Bonchev–Trinajstić information content (AvgIpc) is 3.39. The molecule has 0 aliphatic rings. The van der Waals surface area contributed by atoms with Gasteiger partial charge in [0.1, 0.15) is 5.82 Å². The van der Waals surface area contributed by atoms with Gasteiger partial charge in [0.25, 0.3) is 11.6 Å². The second-order valence-corrected chi connectivity index (χ2v) is 8.40. The minimum absolute atomic E-state index is 0.161. The maximum absolute atomic E-state index is 13.0. The number of nitrogens with zero attached hydrogens (tertiary/aromatic N) is 5. The van der Waals surface area contributed by atoms with Crippen molar-refractivity contribution in [3.05, 3.63) is 111 Å². The number of amides is 1. The predicted molar refractivity (Wildman–Crippen MR) is 133 cm³/mol. The number of nitro benzene ring substituents is 1. The van der Waals surface area contributed by atoms with Gasteiger partial charge in [-0.15, -0.1) is 0 Å². The number of hydrogen-bond acceptors (Lipinski definition) is 5. The summed E-state index contributed by atoms with van der Waals surface area (Å²) in [7, 11) is 0. The molecule has 0 aliphatic heterocycles. The van der Waals surface area contributed by atoms with Crippen LogP contribution in [0.25, 0.3) is 17.0 Å². The fraction of sp³-hybridized carbons (Fsp3) is 0.0800. The number of hydrogen-bond donors (Lipinski definition) is 1. The van der Waals surface area contributed by atoms with Gasteiger partial charge in [0, 0.05) is 28.8 Å². The number of aryl methyl sites for hydroxylation is 1. The van der Waals surface area contributed by atoms with Gasteiger partial charge in [-0.05, 0) is 42.8 Å². The van der Waals surface area contributed by atoms with Gasteiger partial charge in [0.15, 0.2) is 0 Å². The zero-order valence-electron chi connectivity index (χ0n) is 18.6. The van der Waals surface area contributed by atoms with Crippen LogP contribution in [0.4, 0.5) is 11.5 Å². The first kappa shape index (κ1) is 22.3. The van der Waals surface area contributed by atoms with Crippen molar-refractivity contribution in [1.82, 2.24) is 19.3 Å². The highest BCUT2D eigenvalue weighted by atomic mass is 35.5. The smallest absolute Gasteiger partial charge is 0.270 e. The van der Waals surface area contributed by atoms with E-state index in [1.54, 1.807) is 10.7 Å². The van der Waals surface area contributed by atoms with E-state index >= 15 is 0 Å². The number of carbonyl (C=O) groups excluding carboxylic acids is 1. The Kier molecular flexibility index (Phi) is 5.76. The molecule has 1 N–H and O–H groups in total. The Morgan fingerprint density at radius 1 is 1.06 bits per heavy atom. The average molecular weight is 487 g/mol. The van der Waals surface area contributed by atoms with Crippen molar-refractivity contribution in [3.8, 4) is 5.95 Å². The molecule has 0 saturated heterocycles. The molecule has 0 aliphatic carbocycles. The molecule has 35 heavy (non-hydrogen) atoms. The molecule has 9 nitrogen and oxygen atoms in total. The molecule has 0 bridgehead atoms. The van der Waals surface area contributed by atoms with Crippen LogP contribution in [-0.4, -0.2) is 30.2 Å². The van der Waals surface area contributed by atoms with Crippen LogP contribution in [-0.2, 0) is 6.54 Å². The summed E-state index contributed by atoms with van der Waals surface area (Å²) in [5, 5.41) is 19.1. The predicted octanol–water partition coefficient (Wildman–Crippen LogP) is 5.39. The molecule has 5 rings (SSSR count). The molecule has 0 unspecified atom stereocenters. The standard InChI is InChI=1S/C25H19ClN6O3/c1-16-12-23(28-24(33)18-7-5-9-20(14-18)32(34)35)31(29-16)25-27-21-10-2-3-11-22(21)30(25)15-17-6-4-8-19(26)13-17/h2-14H,15H2,1H3,(H,28,33). The van der Waals surface area contributed by atoms with Crippen LogP contribution in [0.1, 0.15) is 21.6 Å². The molecule has 174 valence electrons. The van der Waals surface area contributed by atoms with Crippen molar-refractivity contribution >= 4 is 40.0 Å². The van der Waals surface area contributed by atoms with E-state index < -0.39 is 10.8 Å².